The second-order valence-electron chi connectivity index (χ2n) is 6.05. The first-order valence-electron chi connectivity index (χ1n) is 8.05. The lowest BCUT2D eigenvalue weighted by molar-refractivity contribution is 0.901. The minimum atomic E-state index is -0.212. The van der Waals surface area contributed by atoms with Gasteiger partial charge in [-0.15, -0.1) is 5.10 Å². The highest BCUT2D eigenvalue weighted by Gasteiger charge is 2.14. The Hall–Kier alpha value is -3.81. The van der Waals surface area contributed by atoms with Crippen LogP contribution in [-0.4, -0.2) is 35.0 Å². The van der Waals surface area contributed by atoms with Crippen LogP contribution < -0.4 is 5.56 Å². The molecule has 0 radical (unpaired) electrons. The fourth-order valence-corrected chi connectivity index (χ4v) is 3.13. The van der Waals surface area contributed by atoms with Crippen molar-refractivity contribution in [3.63, 3.8) is 0 Å². The fourth-order valence-electron chi connectivity index (χ4n) is 3.13. The van der Waals surface area contributed by atoms with Gasteiger partial charge in [0.1, 0.15) is 11.2 Å². The molecule has 0 fully saturated rings. The maximum absolute atomic E-state index is 12.6. The monoisotopic (exact) mass is 343 g/mol. The summed E-state index contributed by atoms with van der Waals surface area (Å²) in [7, 11) is 0. The Balaban J connectivity index is 1.78. The van der Waals surface area contributed by atoms with Crippen molar-refractivity contribution >= 4 is 16.7 Å². The molecule has 26 heavy (non-hydrogen) atoms. The third-order valence-electron chi connectivity index (χ3n) is 4.40. The summed E-state index contributed by atoms with van der Waals surface area (Å²) in [6.07, 6.45) is 3.36. The lowest BCUT2D eigenvalue weighted by Gasteiger charge is -2.07. The topological polar surface area (TPSA) is 105 Å². The average Bonchev–Trinajstić information content (AvgIpc) is 3.28. The average molecular weight is 343 g/mol. The zero-order chi connectivity index (χ0) is 17.7. The lowest BCUT2D eigenvalue weighted by Crippen LogP contribution is -2.14. The summed E-state index contributed by atoms with van der Waals surface area (Å²) in [6.45, 7) is 1.98. The molecule has 5 rings (SSSR count). The quantitative estimate of drug-likeness (QED) is 0.512. The summed E-state index contributed by atoms with van der Waals surface area (Å²) in [4.78, 5) is 20.3. The largest absolute Gasteiger partial charge is 0.339 e. The standard InChI is InChI=1S/C18H13N7O/c1-10-6-15-16(23-24-22-15)7-11(10)14-8-17(26)25-18(21-14)12(9-20-25)13-4-2-3-5-19-13/h2-9,21H,1H3,(H,22,23,24). The fraction of sp³-hybridized carbons (Fsp3) is 0.0556. The number of nitrogens with one attached hydrogen (secondary N) is 2. The van der Waals surface area contributed by atoms with Crippen LogP contribution >= 0.6 is 0 Å². The number of hydrogen-bond donors (Lipinski definition) is 2. The summed E-state index contributed by atoms with van der Waals surface area (Å²) >= 11 is 0. The van der Waals surface area contributed by atoms with Gasteiger partial charge in [0, 0.05) is 17.8 Å². The predicted octanol–water partition coefficient (Wildman–Crippen LogP) is 2.33. The van der Waals surface area contributed by atoms with Crippen LogP contribution in [0.5, 0.6) is 0 Å². The minimum Gasteiger partial charge on any atom is -0.339 e. The molecule has 8 heteroatoms. The van der Waals surface area contributed by atoms with Crippen LogP contribution in [0.15, 0.2) is 53.6 Å². The van der Waals surface area contributed by atoms with Crippen LogP contribution in [0, 0.1) is 6.92 Å². The molecule has 1 aromatic carbocycles. The van der Waals surface area contributed by atoms with E-state index in [9.17, 15) is 4.79 Å². The van der Waals surface area contributed by atoms with Gasteiger partial charge < -0.3 is 4.98 Å². The number of aromatic amines is 2. The third kappa shape index (κ3) is 2.12. The van der Waals surface area contributed by atoms with Crippen molar-refractivity contribution in [1.29, 1.82) is 0 Å². The van der Waals surface area contributed by atoms with Gasteiger partial charge in [0.15, 0.2) is 0 Å². The van der Waals surface area contributed by atoms with E-state index >= 15 is 0 Å². The highest BCUT2D eigenvalue weighted by atomic mass is 16.1. The first-order chi connectivity index (χ1) is 12.7. The van der Waals surface area contributed by atoms with E-state index in [-0.39, 0.29) is 5.56 Å². The second kappa shape index (κ2) is 5.35. The van der Waals surface area contributed by atoms with Gasteiger partial charge in [-0.25, -0.2) is 0 Å². The predicted molar refractivity (Wildman–Crippen MR) is 96.7 cm³/mol. The molecular formula is C18H13N7O. The summed E-state index contributed by atoms with van der Waals surface area (Å²) in [6, 6.07) is 11.0. The normalized spacial score (nSPS) is 11.4. The third-order valence-corrected chi connectivity index (χ3v) is 4.40. The maximum atomic E-state index is 12.6. The van der Waals surface area contributed by atoms with Gasteiger partial charge in [-0.2, -0.15) is 9.61 Å². The zero-order valence-electron chi connectivity index (χ0n) is 13.8. The Morgan fingerprint density at radius 2 is 2.04 bits per heavy atom. The number of aryl methyl sites for hydroxylation is 1. The van der Waals surface area contributed by atoms with Crippen LogP contribution in [0.25, 0.3) is 39.2 Å². The van der Waals surface area contributed by atoms with E-state index in [2.05, 4.69) is 30.5 Å². The Morgan fingerprint density at radius 3 is 2.88 bits per heavy atom. The minimum absolute atomic E-state index is 0.212. The summed E-state index contributed by atoms with van der Waals surface area (Å²) in [5.74, 6) is 0. The highest BCUT2D eigenvalue weighted by Crippen LogP contribution is 2.27. The van der Waals surface area contributed by atoms with Gasteiger partial charge in [0.2, 0.25) is 0 Å². The molecule has 5 aromatic rings. The molecule has 126 valence electrons. The Kier molecular flexibility index (Phi) is 2.99. The number of fused-ring (bicyclic) bond motifs is 2. The Morgan fingerprint density at radius 1 is 1.12 bits per heavy atom. The molecule has 0 unspecified atom stereocenters. The molecule has 8 nitrogen and oxygen atoms in total. The molecule has 4 aromatic heterocycles. The number of benzene rings is 1. The van der Waals surface area contributed by atoms with Crippen molar-refractivity contribution in [2.24, 2.45) is 0 Å². The number of rotatable bonds is 2. The van der Waals surface area contributed by atoms with E-state index in [4.69, 9.17) is 0 Å². The van der Waals surface area contributed by atoms with Gasteiger partial charge in [0.05, 0.1) is 28.7 Å². The number of H-pyrrole nitrogens is 2. The van der Waals surface area contributed by atoms with E-state index in [1.54, 1.807) is 12.4 Å². The molecule has 4 heterocycles. The number of nitrogens with zero attached hydrogens (tertiary/aromatic N) is 5. The van der Waals surface area contributed by atoms with Crippen molar-refractivity contribution in [2.75, 3.05) is 0 Å². The molecule has 0 atom stereocenters. The van der Waals surface area contributed by atoms with Gasteiger partial charge in [-0.1, -0.05) is 11.3 Å². The molecular weight excluding hydrogens is 330 g/mol. The number of aromatic nitrogens is 7. The molecule has 2 N–H and O–H groups in total. The summed E-state index contributed by atoms with van der Waals surface area (Å²) in [5.41, 5.74) is 6.09. The van der Waals surface area contributed by atoms with Crippen molar-refractivity contribution in [3.05, 3.63) is 64.7 Å². The van der Waals surface area contributed by atoms with E-state index in [0.717, 1.165) is 33.4 Å². The molecule has 0 aliphatic rings. The smallest absolute Gasteiger partial charge is 0.274 e. The maximum Gasteiger partial charge on any atom is 0.274 e. The van der Waals surface area contributed by atoms with Gasteiger partial charge >= 0.3 is 0 Å². The Labute approximate surface area is 146 Å². The Bertz CT molecular complexity index is 1310. The number of hydrogen-bond acceptors (Lipinski definition) is 5. The molecule has 0 bridgehead atoms. The van der Waals surface area contributed by atoms with Gasteiger partial charge in [-0.05, 0) is 36.8 Å². The summed E-state index contributed by atoms with van der Waals surface area (Å²) in [5, 5.41) is 14.9. The van der Waals surface area contributed by atoms with Crippen molar-refractivity contribution in [2.45, 2.75) is 6.92 Å². The zero-order valence-corrected chi connectivity index (χ0v) is 13.8. The molecule has 0 saturated heterocycles. The molecule has 0 aliphatic carbocycles. The van der Waals surface area contributed by atoms with Crippen LogP contribution in [0.3, 0.4) is 0 Å². The van der Waals surface area contributed by atoms with Crippen molar-refractivity contribution in [3.8, 4) is 22.5 Å². The van der Waals surface area contributed by atoms with Gasteiger partial charge in [0.25, 0.3) is 5.56 Å². The van der Waals surface area contributed by atoms with Gasteiger partial charge in [-0.3, -0.25) is 14.9 Å². The van der Waals surface area contributed by atoms with Crippen LogP contribution in [0.4, 0.5) is 0 Å². The second-order valence-corrected chi connectivity index (χ2v) is 6.05. The lowest BCUT2D eigenvalue weighted by atomic mass is 10.0. The molecule has 0 amide bonds. The van der Waals surface area contributed by atoms with E-state index < -0.39 is 0 Å². The molecule has 0 aliphatic heterocycles. The first kappa shape index (κ1) is 14.5. The van der Waals surface area contributed by atoms with E-state index in [1.807, 2.05) is 37.3 Å². The van der Waals surface area contributed by atoms with E-state index in [0.29, 0.717) is 11.3 Å². The van der Waals surface area contributed by atoms with E-state index in [1.165, 1.54) is 10.6 Å². The molecule has 0 saturated carbocycles. The van der Waals surface area contributed by atoms with Crippen LogP contribution in [0.2, 0.25) is 0 Å². The van der Waals surface area contributed by atoms with Crippen LogP contribution in [-0.2, 0) is 0 Å². The number of pyridine rings is 1. The first-order valence-corrected chi connectivity index (χ1v) is 8.05. The summed E-state index contributed by atoms with van der Waals surface area (Å²) < 4.78 is 1.34. The van der Waals surface area contributed by atoms with Crippen molar-refractivity contribution < 1.29 is 0 Å². The highest BCUT2D eigenvalue weighted by molar-refractivity contribution is 5.83. The SMILES string of the molecule is Cc1cc2[nH]nnc2cc1-c1cc(=O)n2ncc(-c3ccccn3)c2[nH]1. The van der Waals surface area contributed by atoms with Crippen LogP contribution in [0.1, 0.15) is 5.56 Å². The van der Waals surface area contributed by atoms with Crippen molar-refractivity contribution in [1.82, 2.24) is 35.0 Å². The molecule has 0 spiro atoms.